The fourth-order valence-electron chi connectivity index (χ4n) is 3.42. The van der Waals surface area contributed by atoms with Crippen LogP contribution in [-0.2, 0) is 9.47 Å². The summed E-state index contributed by atoms with van der Waals surface area (Å²) in [6.07, 6.45) is 1.35. The summed E-state index contributed by atoms with van der Waals surface area (Å²) in [6, 6.07) is 10.2. The first kappa shape index (κ1) is 23.7. The SMILES string of the molecule is CCOC(=O)c1ccc(-c2c(C(=O)OCC)coc2-c2cc(OC)c(OC)c(OC)c2)cc1. The summed E-state index contributed by atoms with van der Waals surface area (Å²) in [6.45, 7) is 3.96. The Morgan fingerprint density at radius 1 is 0.788 bits per heavy atom. The monoisotopic (exact) mass is 454 g/mol. The van der Waals surface area contributed by atoms with Crippen molar-refractivity contribution in [1.82, 2.24) is 0 Å². The van der Waals surface area contributed by atoms with E-state index < -0.39 is 11.9 Å². The van der Waals surface area contributed by atoms with Crippen LogP contribution in [0.15, 0.2) is 47.1 Å². The molecule has 0 saturated carbocycles. The zero-order valence-electron chi connectivity index (χ0n) is 19.2. The van der Waals surface area contributed by atoms with E-state index >= 15 is 0 Å². The van der Waals surface area contributed by atoms with Crippen LogP contribution >= 0.6 is 0 Å². The van der Waals surface area contributed by atoms with Gasteiger partial charge in [0.15, 0.2) is 11.5 Å². The molecule has 1 heterocycles. The van der Waals surface area contributed by atoms with Crippen LogP contribution in [0.3, 0.4) is 0 Å². The van der Waals surface area contributed by atoms with Crippen molar-refractivity contribution in [2.24, 2.45) is 0 Å². The van der Waals surface area contributed by atoms with Crippen molar-refractivity contribution in [3.8, 4) is 39.7 Å². The summed E-state index contributed by atoms with van der Waals surface area (Å²) in [7, 11) is 4.55. The standard InChI is InChI=1S/C25H26O8/c1-6-31-24(26)16-10-8-15(9-11-16)21-18(25(27)32-7-2)14-33-22(21)17-12-19(28-3)23(30-5)20(13-17)29-4/h8-14H,6-7H2,1-5H3. The van der Waals surface area contributed by atoms with Gasteiger partial charge in [0, 0.05) is 11.1 Å². The molecule has 0 unspecified atom stereocenters. The first-order valence-corrected chi connectivity index (χ1v) is 10.3. The van der Waals surface area contributed by atoms with E-state index in [0.717, 1.165) is 0 Å². The zero-order chi connectivity index (χ0) is 24.0. The molecule has 8 heteroatoms. The predicted molar refractivity (Wildman–Crippen MR) is 121 cm³/mol. The second-order valence-corrected chi connectivity index (χ2v) is 6.79. The summed E-state index contributed by atoms with van der Waals surface area (Å²) in [5.74, 6) is 0.757. The number of benzene rings is 2. The Hall–Kier alpha value is -3.94. The van der Waals surface area contributed by atoms with Crippen LogP contribution in [0.4, 0.5) is 0 Å². The molecule has 0 saturated heterocycles. The van der Waals surface area contributed by atoms with Crippen LogP contribution in [-0.4, -0.2) is 46.5 Å². The second kappa shape index (κ2) is 10.6. The van der Waals surface area contributed by atoms with Gasteiger partial charge in [0.2, 0.25) is 5.75 Å². The van der Waals surface area contributed by atoms with E-state index in [2.05, 4.69) is 0 Å². The fraction of sp³-hybridized carbons (Fsp3) is 0.280. The summed E-state index contributed by atoms with van der Waals surface area (Å²) in [5, 5.41) is 0. The number of esters is 2. The predicted octanol–water partition coefficient (Wildman–Crippen LogP) is 4.99. The second-order valence-electron chi connectivity index (χ2n) is 6.79. The van der Waals surface area contributed by atoms with Crippen LogP contribution in [0, 0.1) is 0 Å². The van der Waals surface area contributed by atoms with E-state index in [4.69, 9.17) is 28.1 Å². The van der Waals surface area contributed by atoms with Crippen LogP contribution < -0.4 is 14.2 Å². The average Bonchev–Trinajstić information content (AvgIpc) is 3.28. The van der Waals surface area contributed by atoms with Gasteiger partial charge in [-0.15, -0.1) is 0 Å². The quantitative estimate of drug-likeness (QED) is 0.417. The van der Waals surface area contributed by atoms with Crippen molar-refractivity contribution in [2.45, 2.75) is 13.8 Å². The number of furan rings is 1. The van der Waals surface area contributed by atoms with Crippen LogP contribution in [0.1, 0.15) is 34.6 Å². The van der Waals surface area contributed by atoms with Crippen molar-refractivity contribution in [1.29, 1.82) is 0 Å². The normalized spacial score (nSPS) is 10.5. The molecule has 1 aromatic heterocycles. The van der Waals surface area contributed by atoms with Crippen LogP contribution in [0.25, 0.3) is 22.5 Å². The molecule has 33 heavy (non-hydrogen) atoms. The molecule has 0 spiro atoms. The van der Waals surface area contributed by atoms with Gasteiger partial charge in [0.1, 0.15) is 17.6 Å². The molecule has 0 radical (unpaired) electrons. The van der Waals surface area contributed by atoms with E-state index in [1.807, 2.05) is 0 Å². The summed E-state index contributed by atoms with van der Waals surface area (Å²) >= 11 is 0. The van der Waals surface area contributed by atoms with E-state index in [1.165, 1.54) is 27.6 Å². The highest BCUT2D eigenvalue weighted by molar-refractivity contribution is 6.01. The zero-order valence-corrected chi connectivity index (χ0v) is 19.2. The van der Waals surface area contributed by atoms with Gasteiger partial charge >= 0.3 is 11.9 Å². The number of hydrogen-bond donors (Lipinski definition) is 0. The van der Waals surface area contributed by atoms with Crippen molar-refractivity contribution in [3.63, 3.8) is 0 Å². The molecular weight excluding hydrogens is 428 g/mol. The van der Waals surface area contributed by atoms with Gasteiger partial charge in [-0.1, -0.05) is 12.1 Å². The number of carbonyl (C=O) groups excluding carboxylic acids is 2. The molecule has 0 fully saturated rings. The first-order valence-electron chi connectivity index (χ1n) is 10.3. The third kappa shape index (κ3) is 4.79. The van der Waals surface area contributed by atoms with Crippen molar-refractivity contribution in [2.75, 3.05) is 34.5 Å². The molecule has 174 valence electrons. The Bertz CT molecular complexity index is 1100. The Morgan fingerprint density at radius 2 is 1.36 bits per heavy atom. The Labute approximate surface area is 192 Å². The topological polar surface area (TPSA) is 93.4 Å². The lowest BCUT2D eigenvalue weighted by Gasteiger charge is -2.14. The van der Waals surface area contributed by atoms with E-state index in [-0.39, 0.29) is 18.8 Å². The maximum Gasteiger partial charge on any atom is 0.342 e. The van der Waals surface area contributed by atoms with Crippen molar-refractivity contribution >= 4 is 11.9 Å². The molecule has 3 aromatic rings. The van der Waals surface area contributed by atoms with Gasteiger partial charge in [-0.25, -0.2) is 9.59 Å². The average molecular weight is 454 g/mol. The molecule has 0 atom stereocenters. The molecule has 2 aromatic carbocycles. The van der Waals surface area contributed by atoms with Crippen molar-refractivity contribution in [3.05, 3.63) is 53.8 Å². The number of carbonyl (C=O) groups is 2. The summed E-state index contributed by atoms with van der Waals surface area (Å²) in [5.41, 5.74) is 2.42. The molecule has 0 N–H and O–H groups in total. The molecule has 0 bridgehead atoms. The van der Waals surface area contributed by atoms with E-state index in [1.54, 1.807) is 50.2 Å². The largest absolute Gasteiger partial charge is 0.493 e. The highest BCUT2D eigenvalue weighted by atomic mass is 16.5. The Kier molecular flexibility index (Phi) is 7.61. The minimum Gasteiger partial charge on any atom is -0.493 e. The summed E-state index contributed by atoms with van der Waals surface area (Å²) in [4.78, 5) is 24.7. The molecular formula is C25H26O8. The minimum atomic E-state index is -0.524. The van der Waals surface area contributed by atoms with Gasteiger partial charge in [0.05, 0.1) is 40.1 Å². The molecule has 0 aliphatic rings. The first-order chi connectivity index (χ1) is 16.0. The Morgan fingerprint density at radius 3 is 1.88 bits per heavy atom. The van der Waals surface area contributed by atoms with E-state index in [9.17, 15) is 9.59 Å². The molecule has 3 rings (SSSR count). The molecule has 0 amide bonds. The molecule has 0 aliphatic heterocycles. The smallest absolute Gasteiger partial charge is 0.342 e. The number of hydrogen-bond acceptors (Lipinski definition) is 8. The number of rotatable bonds is 9. The van der Waals surface area contributed by atoms with Gasteiger partial charge in [-0.2, -0.15) is 0 Å². The highest BCUT2D eigenvalue weighted by Gasteiger charge is 2.25. The highest BCUT2D eigenvalue weighted by Crippen LogP contribution is 2.44. The molecule has 8 nitrogen and oxygen atoms in total. The number of ether oxygens (including phenoxy) is 5. The van der Waals surface area contributed by atoms with Gasteiger partial charge in [-0.05, 0) is 43.7 Å². The van der Waals surface area contributed by atoms with Gasteiger partial charge in [-0.3, -0.25) is 0 Å². The van der Waals surface area contributed by atoms with Gasteiger partial charge in [0.25, 0.3) is 0 Å². The van der Waals surface area contributed by atoms with E-state index in [0.29, 0.717) is 45.3 Å². The molecule has 0 aliphatic carbocycles. The summed E-state index contributed by atoms with van der Waals surface area (Å²) < 4.78 is 32.4. The van der Waals surface area contributed by atoms with Crippen molar-refractivity contribution < 1.29 is 37.7 Å². The lowest BCUT2D eigenvalue weighted by atomic mass is 9.97. The minimum absolute atomic E-state index is 0.213. The lowest BCUT2D eigenvalue weighted by Crippen LogP contribution is -2.06. The van der Waals surface area contributed by atoms with Gasteiger partial charge < -0.3 is 28.1 Å². The Balaban J connectivity index is 2.19. The maximum absolute atomic E-state index is 12.7. The van der Waals surface area contributed by atoms with Crippen LogP contribution in [0.5, 0.6) is 17.2 Å². The number of methoxy groups -OCH3 is 3. The third-order valence-electron chi connectivity index (χ3n) is 4.90. The third-order valence-corrected chi connectivity index (χ3v) is 4.90. The lowest BCUT2D eigenvalue weighted by molar-refractivity contribution is 0.0516. The fourth-order valence-corrected chi connectivity index (χ4v) is 3.42. The van der Waals surface area contributed by atoms with Crippen LogP contribution in [0.2, 0.25) is 0 Å². The maximum atomic E-state index is 12.7.